The third kappa shape index (κ3) is 2.81. The van der Waals surface area contributed by atoms with Gasteiger partial charge in [-0.2, -0.15) is 0 Å². The number of hydrogen-bond donors (Lipinski definition) is 1. The summed E-state index contributed by atoms with van der Waals surface area (Å²) in [5.74, 6) is 1.06. The highest BCUT2D eigenvalue weighted by Crippen LogP contribution is 2.31. The van der Waals surface area contributed by atoms with E-state index in [2.05, 4.69) is 55.6 Å². The average molecular weight is 281 g/mol. The van der Waals surface area contributed by atoms with E-state index in [1.165, 1.54) is 27.8 Å². The fourth-order valence-corrected chi connectivity index (χ4v) is 3.21. The summed E-state index contributed by atoms with van der Waals surface area (Å²) in [4.78, 5) is 0. The zero-order valence-corrected chi connectivity index (χ0v) is 13.1. The highest BCUT2D eigenvalue weighted by Gasteiger charge is 2.17. The van der Waals surface area contributed by atoms with Crippen LogP contribution in [-0.4, -0.2) is 13.7 Å². The molecule has 0 aliphatic carbocycles. The van der Waals surface area contributed by atoms with Gasteiger partial charge in [-0.05, 0) is 62.1 Å². The van der Waals surface area contributed by atoms with Crippen molar-refractivity contribution < 1.29 is 4.74 Å². The van der Waals surface area contributed by atoms with Crippen molar-refractivity contribution in [3.8, 4) is 5.75 Å². The Morgan fingerprint density at radius 3 is 2.71 bits per heavy atom. The highest BCUT2D eigenvalue weighted by molar-refractivity contribution is 5.44. The quantitative estimate of drug-likeness (QED) is 0.920. The van der Waals surface area contributed by atoms with Crippen LogP contribution in [0.2, 0.25) is 0 Å². The van der Waals surface area contributed by atoms with Gasteiger partial charge in [-0.15, -0.1) is 0 Å². The van der Waals surface area contributed by atoms with Crippen molar-refractivity contribution in [1.82, 2.24) is 5.32 Å². The van der Waals surface area contributed by atoms with Crippen LogP contribution in [0.5, 0.6) is 5.75 Å². The molecule has 1 aliphatic heterocycles. The zero-order chi connectivity index (χ0) is 14.8. The van der Waals surface area contributed by atoms with Gasteiger partial charge in [0.25, 0.3) is 0 Å². The standard InChI is InChI=1S/C19H23NO/c1-13-6-8-17(14(2)11-13)19(20-3)16-7-9-18-15(12-16)5-4-10-21-18/h6-9,11-12,19-20H,4-5,10H2,1-3H3. The smallest absolute Gasteiger partial charge is 0.122 e. The minimum absolute atomic E-state index is 0.234. The Hall–Kier alpha value is -1.80. The van der Waals surface area contributed by atoms with Crippen molar-refractivity contribution in [1.29, 1.82) is 0 Å². The zero-order valence-electron chi connectivity index (χ0n) is 13.1. The molecule has 0 bridgehead atoms. The van der Waals surface area contributed by atoms with Crippen LogP contribution in [0, 0.1) is 13.8 Å². The lowest BCUT2D eigenvalue weighted by atomic mass is 9.92. The molecule has 0 radical (unpaired) electrons. The first-order valence-corrected chi connectivity index (χ1v) is 7.69. The van der Waals surface area contributed by atoms with Gasteiger partial charge in [-0.3, -0.25) is 0 Å². The maximum atomic E-state index is 5.72. The molecule has 1 N–H and O–H groups in total. The first-order chi connectivity index (χ1) is 10.2. The van der Waals surface area contributed by atoms with Gasteiger partial charge in [0.2, 0.25) is 0 Å². The van der Waals surface area contributed by atoms with Crippen LogP contribution in [0.25, 0.3) is 0 Å². The molecule has 0 aromatic heterocycles. The van der Waals surface area contributed by atoms with E-state index in [-0.39, 0.29) is 6.04 Å². The van der Waals surface area contributed by atoms with E-state index >= 15 is 0 Å². The number of hydrogen-bond acceptors (Lipinski definition) is 2. The molecule has 0 saturated carbocycles. The van der Waals surface area contributed by atoms with Crippen LogP contribution < -0.4 is 10.1 Å². The predicted octanol–water partition coefficient (Wildman–Crippen LogP) is 3.94. The average Bonchev–Trinajstić information content (AvgIpc) is 2.50. The summed E-state index contributed by atoms with van der Waals surface area (Å²) >= 11 is 0. The molecule has 110 valence electrons. The van der Waals surface area contributed by atoms with Crippen molar-refractivity contribution in [2.45, 2.75) is 32.7 Å². The molecular formula is C19H23NO. The minimum Gasteiger partial charge on any atom is -0.493 e. The summed E-state index contributed by atoms with van der Waals surface area (Å²) in [5, 5.41) is 3.46. The second kappa shape index (κ2) is 5.90. The first-order valence-electron chi connectivity index (χ1n) is 7.69. The molecule has 2 nitrogen and oxygen atoms in total. The Kier molecular flexibility index (Phi) is 3.98. The summed E-state index contributed by atoms with van der Waals surface area (Å²) in [5.41, 5.74) is 6.64. The van der Waals surface area contributed by atoms with Crippen LogP contribution in [-0.2, 0) is 6.42 Å². The molecule has 3 rings (SSSR count). The van der Waals surface area contributed by atoms with E-state index in [0.717, 1.165) is 25.2 Å². The van der Waals surface area contributed by atoms with E-state index in [1.54, 1.807) is 0 Å². The van der Waals surface area contributed by atoms with Crippen molar-refractivity contribution in [2.24, 2.45) is 0 Å². The molecule has 2 aromatic carbocycles. The molecular weight excluding hydrogens is 258 g/mol. The van der Waals surface area contributed by atoms with Gasteiger partial charge in [0.05, 0.1) is 12.6 Å². The van der Waals surface area contributed by atoms with Crippen molar-refractivity contribution >= 4 is 0 Å². The van der Waals surface area contributed by atoms with Gasteiger partial charge in [0, 0.05) is 0 Å². The number of nitrogens with one attached hydrogen (secondary N) is 1. The van der Waals surface area contributed by atoms with Crippen LogP contribution in [0.1, 0.15) is 40.3 Å². The van der Waals surface area contributed by atoms with Gasteiger partial charge >= 0.3 is 0 Å². The number of rotatable bonds is 3. The number of aryl methyl sites for hydroxylation is 3. The molecule has 2 heteroatoms. The van der Waals surface area contributed by atoms with Gasteiger partial charge in [0.1, 0.15) is 5.75 Å². The van der Waals surface area contributed by atoms with Gasteiger partial charge in [-0.25, -0.2) is 0 Å². The van der Waals surface area contributed by atoms with Crippen LogP contribution in [0.15, 0.2) is 36.4 Å². The Bertz CT molecular complexity index is 648. The van der Waals surface area contributed by atoms with E-state index in [9.17, 15) is 0 Å². The Morgan fingerprint density at radius 2 is 1.95 bits per heavy atom. The maximum Gasteiger partial charge on any atom is 0.122 e. The molecule has 1 atom stereocenters. The monoisotopic (exact) mass is 281 g/mol. The molecule has 0 spiro atoms. The lowest BCUT2D eigenvalue weighted by molar-refractivity contribution is 0.288. The molecule has 1 heterocycles. The van der Waals surface area contributed by atoms with Crippen molar-refractivity contribution in [3.63, 3.8) is 0 Å². The van der Waals surface area contributed by atoms with E-state index in [4.69, 9.17) is 4.74 Å². The summed E-state index contributed by atoms with van der Waals surface area (Å²) in [7, 11) is 2.03. The van der Waals surface area contributed by atoms with E-state index in [1.807, 2.05) is 7.05 Å². The summed E-state index contributed by atoms with van der Waals surface area (Å²) in [6.45, 7) is 5.18. The van der Waals surface area contributed by atoms with E-state index in [0.29, 0.717) is 0 Å². The normalized spacial score (nSPS) is 15.2. The highest BCUT2D eigenvalue weighted by atomic mass is 16.5. The lowest BCUT2D eigenvalue weighted by Crippen LogP contribution is -2.19. The SMILES string of the molecule is CNC(c1ccc2c(c1)CCCO2)c1ccc(C)cc1C. The Balaban J connectivity index is 1.99. The fourth-order valence-electron chi connectivity index (χ4n) is 3.21. The second-order valence-electron chi connectivity index (χ2n) is 5.90. The fraction of sp³-hybridized carbons (Fsp3) is 0.368. The van der Waals surface area contributed by atoms with Crippen LogP contribution in [0.4, 0.5) is 0 Å². The van der Waals surface area contributed by atoms with Crippen molar-refractivity contribution in [3.05, 3.63) is 64.2 Å². The molecule has 1 aliphatic rings. The Labute approximate surface area is 127 Å². The number of ether oxygens (including phenoxy) is 1. The molecule has 0 amide bonds. The third-order valence-electron chi connectivity index (χ3n) is 4.29. The molecule has 1 unspecified atom stereocenters. The van der Waals surface area contributed by atoms with Gasteiger partial charge < -0.3 is 10.1 Å². The summed E-state index contributed by atoms with van der Waals surface area (Å²) in [6, 6.07) is 13.5. The summed E-state index contributed by atoms with van der Waals surface area (Å²) < 4.78 is 5.72. The number of fused-ring (bicyclic) bond motifs is 1. The minimum atomic E-state index is 0.234. The predicted molar refractivity (Wildman–Crippen MR) is 87.1 cm³/mol. The Morgan fingerprint density at radius 1 is 1.10 bits per heavy atom. The van der Waals surface area contributed by atoms with Crippen LogP contribution >= 0.6 is 0 Å². The molecule has 0 saturated heterocycles. The van der Waals surface area contributed by atoms with E-state index < -0.39 is 0 Å². The molecule has 0 fully saturated rings. The lowest BCUT2D eigenvalue weighted by Gasteiger charge is -2.23. The number of benzene rings is 2. The van der Waals surface area contributed by atoms with Crippen molar-refractivity contribution in [2.75, 3.05) is 13.7 Å². The topological polar surface area (TPSA) is 21.3 Å². The summed E-state index contributed by atoms with van der Waals surface area (Å²) in [6.07, 6.45) is 2.23. The molecule has 2 aromatic rings. The third-order valence-corrected chi connectivity index (χ3v) is 4.29. The van der Waals surface area contributed by atoms with Gasteiger partial charge in [0.15, 0.2) is 0 Å². The maximum absolute atomic E-state index is 5.72. The van der Waals surface area contributed by atoms with Crippen LogP contribution in [0.3, 0.4) is 0 Å². The first kappa shape index (κ1) is 14.2. The van der Waals surface area contributed by atoms with Gasteiger partial charge in [-0.1, -0.05) is 35.9 Å². The largest absolute Gasteiger partial charge is 0.493 e. The molecule has 21 heavy (non-hydrogen) atoms. The second-order valence-corrected chi connectivity index (χ2v) is 5.90.